The Morgan fingerprint density at radius 2 is 1.92 bits per heavy atom. The summed E-state index contributed by atoms with van der Waals surface area (Å²) >= 11 is 6.45. The number of hydrogen-bond acceptors (Lipinski definition) is 6. The van der Waals surface area contributed by atoms with Gasteiger partial charge in [-0.1, -0.05) is 57.5 Å². The summed E-state index contributed by atoms with van der Waals surface area (Å²) in [6.45, 7) is 10.7. The first-order valence-electron chi connectivity index (χ1n) is 12.7. The van der Waals surface area contributed by atoms with E-state index in [-0.39, 0.29) is 25.1 Å². The number of halogens is 3. The van der Waals surface area contributed by atoms with Crippen molar-refractivity contribution >= 4 is 17.2 Å². The molecule has 4 N–H and O–H groups in total. The molecule has 6 nitrogen and oxygen atoms in total. The van der Waals surface area contributed by atoms with Crippen molar-refractivity contribution in [2.45, 2.75) is 52.3 Å². The molecule has 1 aromatic carbocycles. The molecule has 0 saturated heterocycles. The maximum Gasteiger partial charge on any atom is 0.213 e. The third-order valence-electron chi connectivity index (χ3n) is 7.45. The first-order chi connectivity index (χ1) is 17.9. The van der Waals surface area contributed by atoms with Crippen LogP contribution in [-0.2, 0) is 5.60 Å². The van der Waals surface area contributed by atoms with Crippen LogP contribution in [-0.4, -0.2) is 34.5 Å². The minimum atomic E-state index is -1.55. The number of allylic oxidation sites excluding steroid dienone is 3. The number of benzene rings is 1. The van der Waals surface area contributed by atoms with Crippen LogP contribution in [0.4, 0.5) is 8.78 Å². The molecule has 0 fully saturated rings. The van der Waals surface area contributed by atoms with Gasteiger partial charge in [-0.2, -0.15) is 0 Å². The van der Waals surface area contributed by atoms with Crippen LogP contribution in [0.5, 0.6) is 5.88 Å². The first-order valence-corrected chi connectivity index (χ1v) is 13.0. The quantitative estimate of drug-likeness (QED) is 0.279. The van der Waals surface area contributed by atoms with E-state index in [0.29, 0.717) is 27.9 Å². The number of rotatable bonds is 12. The van der Waals surface area contributed by atoms with Crippen molar-refractivity contribution in [2.75, 3.05) is 13.3 Å². The van der Waals surface area contributed by atoms with Crippen molar-refractivity contribution in [3.8, 4) is 5.88 Å². The fourth-order valence-corrected chi connectivity index (χ4v) is 4.23. The van der Waals surface area contributed by atoms with E-state index in [4.69, 9.17) is 22.1 Å². The summed E-state index contributed by atoms with van der Waals surface area (Å²) in [5, 5.41) is 13.4. The highest BCUT2D eigenvalue weighted by Crippen LogP contribution is 2.43. The Kier molecular flexibility index (Phi) is 9.70. The van der Waals surface area contributed by atoms with Crippen LogP contribution in [0.25, 0.3) is 5.57 Å². The van der Waals surface area contributed by atoms with Crippen LogP contribution in [0.15, 0.2) is 67.0 Å². The zero-order chi connectivity index (χ0) is 28.1. The molecule has 0 spiro atoms. The van der Waals surface area contributed by atoms with Gasteiger partial charge in [-0.25, -0.2) is 14.8 Å². The van der Waals surface area contributed by atoms with Crippen LogP contribution in [0.3, 0.4) is 0 Å². The summed E-state index contributed by atoms with van der Waals surface area (Å²) in [5.74, 6) is 0.168. The number of nitrogens with one attached hydrogen (secondary N) is 1. The predicted molar refractivity (Wildman–Crippen MR) is 148 cm³/mol. The van der Waals surface area contributed by atoms with E-state index in [1.165, 1.54) is 31.2 Å². The van der Waals surface area contributed by atoms with Gasteiger partial charge in [-0.05, 0) is 55.2 Å². The summed E-state index contributed by atoms with van der Waals surface area (Å²) in [7, 11) is 0. The molecule has 0 saturated carbocycles. The lowest BCUT2D eigenvalue weighted by Crippen LogP contribution is -2.49. The number of hydrogen-bond donors (Lipinski definition) is 3. The van der Waals surface area contributed by atoms with Gasteiger partial charge >= 0.3 is 0 Å². The van der Waals surface area contributed by atoms with Crippen molar-refractivity contribution in [2.24, 2.45) is 17.1 Å². The van der Waals surface area contributed by atoms with E-state index in [2.05, 4.69) is 30.8 Å². The van der Waals surface area contributed by atoms with E-state index in [0.717, 1.165) is 12.0 Å². The number of ether oxygens (including phenoxy) is 1. The predicted octanol–water partition coefficient (Wildman–Crippen LogP) is 6.09. The van der Waals surface area contributed by atoms with E-state index in [1.54, 1.807) is 24.1 Å². The van der Waals surface area contributed by atoms with E-state index >= 15 is 0 Å². The molecule has 4 atom stereocenters. The minimum absolute atomic E-state index is 0.0959. The molecule has 0 radical (unpaired) electrons. The molecular formula is C29H37ClF2N4O2. The zero-order valence-electron chi connectivity index (χ0n) is 22.3. The lowest BCUT2D eigenvalue weighted by molar-refractivity contribution is -0.0882. The van der Waals surface area contributed by atoms with E-state index in [1.807, 2.05) is 18.4 Å². The lowest BCUT2D eigenvalue weighted by Gasteiger charge is -2.41. The van der Waals surface area contributed by atoms with Gasteiger partial charge in [-0.15, -0.1) is 0 Å². The highest BCUT2D eigenvalue weighted by atomic mass is 35.5. The van der Waals surface area contributed by atoms with Crippen molar-refractivity contribution in [1.29, 1.82) is 0 Å². The molecular weight excluding hydrogens is 510 g/mol. The van der Waals surface area contributed by atoms with Gasteiger partial charge in [-0.3, -0.25) is 9.40 Å². The topological polar surface area (TPSA) is 83.6 Å². The maximum absolute atomic E-state index is 14.2. The Labute approximate surface area is 228 Å². The first kappa shape index (κ1) is 29.8. The monoisotopic (exact) mass is 546 g/mol. The zero-order valence-corrected chi connectivity index (χ0v) is 23.1. The fourth-order valence-electron chi connectivity index (χ4n) is 4.01. The Morgan fingerprint density at radius 1 is 1.24 bits per heavy atom. The second kappa shape index (κ2) is 12.4. The average Bonchev–Trinajstić information content (AvgIpc) is 2.90. The Hall–Kier alpha value is -2.78. The van der Waals surface area contributed by atoms with Gasteiger partial charge in [0.05, 0.1) is 41.5 Å². The summed E-state index contributed by atoms with van der Waals surface area (Å²) < 4.78 is 33.5. The van der Waals surface area contributed by atoms with Gasteiger partial charge in [0.15, 0.2) is 0 Å². The SMILES string of the molecule is C=C1C=C(c2nc(OCCC(C)(CF)C(C)(O)c3ccc(F)cc3)ccc2Cl)C=CN1NC(N)C(C)CC. The molecule has 2 aromatic rings. The molecule has 1 aliphatic heterocycles. The van der Waals surface area contributed by atoms with Crippen LogP contribution >= 0.6 is 11.6 Å². The molecule has 1 aliphatic rings. The third kappa shape index (κ3) is 6.61. The molecule has 0 aliphatic carbocycles. The van der Waals surface area contributed by atoms with Crippen molar-refractivity contribution < 1.29 is 18.6 Å². The summed E-state index contributed by atoms with van der Waals surface area (Å²) in [6, 6.07) is 8.74. The van der Waals surface area contributed by atoms with Gasteiger partial charge in [0.1, 0.15) is 5.82 Å². The second-order valence-electron chi connectivity index (χ2n) is 10.2. The maximum atomic E-state index is 14.2. The van der Waals surface area contributed by atoms with Crippen LogP contribution in [0.1, 0.15) is 51.8 Å². The lowest BCUT2D eigenvalue weighted by atomic mass is 9.69. The van der Waals surface area contributed by atoms with Gasteiger partial charge in [0.2, 0.25) is 5.88 Å². The number of pyridine rings is 1. The van der Waals surface area contributed by atoms with Gasteiger partial charge in [0, 0.05) is 23.3 Å². The second-order valence-corrected chi connectivity index (χ2v) is 10.6. The average molecular weight is 547 g/mol. The largest absolute Gasteiger partial charge is 0.478 e. The van der Waals surface area contributed by atoms with Crippen molar-refractivity contribution in [3.05, 3.63) is 89.1 Å². The normalized spacial score (nSPS) is 18.4. The number of nitrogens with two attached hydrogens (primary N) is 1. The number of hydrazine groups is 1. The Bertz CT molecular complexity index is 1190. The molecule has 9 heteroatoms. The fraction of sp³-hybridized carbons (Fsp3) is 0.414. The summed E-state index contributed by atoms with van der Waals surface area (Å²) in [5.41, 5.74) is 9.06. The van der Waals surface area contributed by atoms with Gasteiger partial charge in [0.25, 0.3) is 0 Å². The van der Waals surface area contributed by atoms with E-state index < -0.39 is 23.5 Å². The molecule has 3 rings (SSSR count). The van der Waals surface area contributed by atoms with Gasteiger partial charge < -0.3 is 15.6 Å². The van der Waals surface area contributed by atoms with Crippen molar-refractivity contribution in [3.63, 3.8) is 0 Å². The smallest absolute Gasteiger partial charge is 0.213 e. The van der Waals surface area contributed by atoms with Crippen LogP contribution in [0, 0.1) is 17.2 Å². The minimum Gasteiger partial charge on any atom is -0.478 e. The molecule has 0 amide bonds. The highest BCUT2D eigenvalue weighted by Gasteiger charge is 2.44. The molecule has 1 aromatic heterocycles. The standard InChI is InChI=1S/C29H37ClF2N4O2/c1-6-19(2)27(33)35-36-15-13-21(17-20(36)3)26-24(30)11-12-25(34-26)38-16-14-28(4,18-31)29(5,37)22-7-9-23(32)10-8-22/h7-13,15,17,19,27,35,37H,3,6,14,16,18,33H2,1-2,4-5H3. The molecule has 206 valence electrons. The van der Waals surface area contributed by atoms with Crippen molar-refractivity contribution in [1.82, 2.24) is 15.4 Å². The molecule has 4 unspecified atom stereocenters. The highest BCUT2D eigenvalue weighted by molar-refractivity contribution is 6.32. The number of nitrogens with zero attached hydrogens (tertiary/aromatic N) is 2. The molecule has 38 heavy (non-hydrogen) atoms. The summed E-state index contributed by atoms with van der Waals surface area (Å²) in [6.07, 6.45) is 6.41. The Balaban J connectivity index is 1.69. The molecule has 2 heterocycles. The van der Waals surface area contributed by atoms with Crippen LogP contribution in [0.2, 0.25) is 5.02 Å². The number of aliphatic hydroxyl groups is 1. The van der Waals surface area contributed by atoms with E-state index in [9.17, 15) is 13.9 Å². The third-order valence-corrected chi connectivity index (χ3v) is 7.76. The number of alkyl halides is 1. The van der Waals surface area contributed by atoms with Crippen LogP contribution < -0.4 is 15.9 Å². The summed E-state index contributed by atoms with van der Waals surface area (Å²) in [4.78, 5) is 4.56. The number of aromatic nitrogens is 1. The molecule has 0 bridgehead atoms. The Morgan fingerprint density at radius 3 is 2.53 bits per heavy atom.